The van der Waals surface area contributed by atoms with Gasteiger partial charge in [0.2, 0.25) is 5.91 Å². The third-order valence-electron chi connectivity index (χ3n) is 2.83. The van der Waals surface area contributed by atoms with Gasteiger partial charge in [0.25, 0.3) is 0 Å². The van der Waals surface area contributed by atoms with Crippen LogP contribution in [0.2, 0.25) is 0 Å². The van der Waals surface area contributed by atoms with E-state index in [4.69, 9.17) is 5.11 Å². The highest BCUT2D eigenvalue weighted by Gasteiger charge is 2.06. The molecule has 0 radical (unpaired) electrons. The Bertz CT molecular complexity index is 700. The summed E-state index contributed by atoms with van der Waals surface area (Å²) in [4.78, 5) is 25.9. The van der Waals surface area contributed by atoms with Crippen molar-refractivity contribution in [3.8, 4) is 0 Å². The van der Waals surface area contributed by atoms with Crippen LogP contribution in [0.5, 0.6) is 0 Å². The van der Waals surface area contributed by atoms with Gasteiger partial charge in [-0.1, -0.05) is 0 Å². The van der Waals surface area contributed by atoms with Crippen LogP contribution in [0.25, 0.3) is 12.2 Å². The van der Waals surface area contributed by atoms with Crippen molar-refractivity contribution in [1.82, 2.24) is 9.55 Å². The Hall–Kier alpha value is -2.41. The molecule has 7 heteroatoms. The Morgan fingerprint density at radius 3 is 2.86 bits per heavy atom. The Balaban J connectivity index is 2.10. The summed E-state index contributed by atoms with van der Waals surface area (Å²) in [5, 5.41) is 13.8. The summed E-state index contributed by atoms with van der Waals surface area (Å²) in [5.41, 5.74) is 2.37. The number of thiazole rings is 1. The minimum absolute atomic E-state index is 0.00623. The van der Waals surface area contributed by atoms with Gasteiger partial charge < -0.3 is 15.0 Å². The summed E-state index contributed by atoms with van der Waals surface area (Å²) in [6, 6.07) is 3.65. The lowest BCUT2D eigenvalue weighted by Gasteiger charge is -2.02. The van der Waals surface area contributed by atoms with E-state index in [1.807, 2.05) is 35.2 Å². The summed E-state index contributed by atoms with van der Waals surface area (Å²) in [5.74, 6) is -1.01. The number of anilines is 1. The van der Waals surface area contributed by atoms with E-state index in [0.717, 1.165) is 17.1 Å². The highest BCUT2D eigenvalue weighted by atomic mass is 32.1. The topological polar surface area (TPSA) is 84.2 Å². The number of amides is 1. The number of aromatic nitrogens is 2. The molecule has 6 nitrogen and oxygen atoms in total. The molecule has 2 aromatic rings. The number of carbonyl (C=O) groups excluding carboxylic acids is 1. The number of nitrogens with zero attached hydrogens (tertiary/aromatic N) is 2. The predicted molar refractivity (Wildman–Crippen MR) is 82.1 cm³/mol. The van der Waals surface area contributed by atoms with Crippen molar-refractivity contribution < 1.29 is 14.7 Å². The summed E-state index contributed by atoms with van der Waals surface area (Å²) >= 11 is 1.35. The molecule has 2 aromatic heterocycles. The molecule has 0 saturated heterocycles. The lowest BCUT2D eigenvalue weighted by molar-refractivity contribution is -0.136. The first-order valence-electron chi connectivity index (χ1n) is 6.23. The molecular formula is C14H15N3O3S. The molecule has 1 amide bonds. The molecule has 0 atom stereocenters. The highest BCUT2D eigenvalue weighted by molar-refractivity contribution is 7.14. The number of hydrogen-bond acceptors (Lipinski definition) is 4. The van der Waals surface area contributed by atoms with Crippen LogP contribution in [0, 0.1) is 0 Å². The Morgan fingerprint density at radius 2 is 2.19 bits per heavy atom. The predicted octanol–water partition coefficient (Wildman–Crippen LogP) is 2.24. The molecule has 0 bridgehead atoms. The fraction of sp³-hybridized carbons (Fsp3) is 0.214. The van der Waals surface area contributed by atoms with Gasteiger partial charge in [0.05, 0.1) is 12.1 Å². The van der Waals surface area contributed by atoms with Gasteiger partial charge in [-0.25, -0.2) is 4.98 Å². The van der Waals surface area contributed by atoms with Crippen molar-refractivity contribution in [2.24, 2.45) is 7.05 Å². The molecule has 21 heavy (non-hydrogen) atoms. The third kappa shape index (κ3) is 4.03. The van der Waals surface area contributed by atoms with Gasteiger partial charge in [0, 0.05) is 30.7 Å². The fourth-order valence-electron chi connectivity index (χ4n) is 1.81. The van der Waals surface area contributed by atoms with Crippen molar-refractivity contribution in [3.05, 3.63) is 34.6 Å². The zero-order chi connectivity index (χ0) is 15.4. The van der Waals surface area contributed by atoms with Gasteiger partial charge >= 0.3 is 5.97 Å². The van der Waals surface area contributed by atoms with Gasteiger partial charge in [-0.2, -0.15) is 0 Å². The summed E-state index contributed by atoms with van der Waals surface area (Å²) in [7, 11) is 1.82. The second kappa shape index (κ2) is 6.36. The number of carboxylic acids is 1. The zero-order valence-electron chi connectivity index (χ0n) is 11.7. The molecule has 0 fully saturated rings. The molecule has 0 aromatic carbocycles. The lowest BCUT2D eigenvalue weighted by Crippen LogP contribution is -2.05. The molecule has 0 aliphatic carbocycles. The number of rotatable bonds is 5. The van der Waals surface area contributed by atoms with E-state index in [-0.39, 0.29) is 12.3 Å². The van der Waals surface area contributed by atoms with Crippen molar-refractivity contribution in [2.45, 2.75) is 13.3 Å². The first-order chi connectivity index (χ1) is 9.95. The standard InChI is InChI=1S/C14H15N3O3S/c1-9(18)15-14-16-10(8-21-14)3-4-11-5-6-12(17(11)2)7-13(19)20/h3-6,8H,7H2,1-2H3,(H,19,20)(H,15,16,18). The normalized spacial score (nSPS) is 11.0. The Morgan fingerprint density at radius 1 is 1.43 bits per heavy atom. The molecule has 0 aliphatic rings. The molecule has 0 unspecified atom stereocenters. The maximum atomic E-state index is 10.9. The molecule has 2 rings (SSSR count). The highest BCUT2D eigenvalue weighted by Crippen LogP contribution is 2.18. The number of carbonyl (C=O) groups is 2. The molecule has 0 saturated carbocycles. The van der Waals surface area contributed by atoms with Gasteiger partial charge in [-0.15, -0.1) is 11.3 Å². The van der Waals surface area contributed by atoms with Gasteiger partial charge in [0.15, 0.2) is 5.13 Å². The number of hydrogen-bond donors (Lipinski definition) is 2. The fourth-order valence-corrected chi connectivity index (χ4v) is 2.54. The van der Waals surface area contributed by atoms with Crippen LogP contribution in [0.1, 0.15) is 24.0 Å². The van der Waals surface area contributed by atoms with Crippen molar-refractivity contribution in [3.63, 3.8) is 0 Å². The molecular weight excluding hydrogens is 290 g/mol. The minimum atomic E-state index is -0.855. The summed E-state index contributed by atoms with van der Waals surface area (Å²) in [6.45, 7) is 1.44. The average Bonchev–Trinajstić information content (AvgIpc) is 2.95. The van der Waals surface area contributed by atoms with Crippen LogP contribution in [0.3, 0.4) is 0 Å². The van der Waals surface area contributed by atoms with E-state index in [1.54, 1.807) is 6.07 Å². The van der Waals surface area contributed by atoms with E-state index >= 15 is 0 Å². The SMILES string of the molecule is CC(=O)Nc1nc(C=Cc2ccc(CC(=O)O)n2C)cs1. The lowest BCUT2D eigenvalue weighted by atomic mass is 10.3. The molecule has 0 spiro atoms. The Labute approximate surface area is 125 Å². The van der Waals surface area contributed by atoms with E-state index < -0.39 is 5.97 Å². The van der Waals surface area contributed by atoms with E-state index in [1.165, 1.54) is 18.3 Å². The minimum Gasteiger partial charge on any atom is -0.481 e. The van der Waals surface area contributed by atoms with E-state index in [0.29, 0.717) is 5.13 Å². The third-order valence-corrected chi connectivity index (χ3v) is 3.60. The number of nitrogens with one attached hydrogen (secondary N) is 1. The van der Waals surface area contributed by atoms with E-state index in [2.05, 4.69) is 10.3 Å². The maximum Gasteiger partial charge on any atom is 0.309 e. The molecule has 2 heterocycles. The second-order valence-corrected chi connectivity index (χ2v) is 5.33. The smallest absolute Gasteiger partial charge is 0.309 e. The zero-order valence-corrected chi connectivity index (χ0v) is 12.5. The van der Waals surface area contributed by atoms with E-state index in [9.17, 15) is 9.59 Å². The quantitative estimate of drug-likeness (QED) is 0.887. The van der Waals surface area contributed by atoms with Crippen LogP contribution in [0.15, 0.2) is 17.5 Å². The van der Waals surface area contributed by atoms with Crippen LogP contribution in [-0.4, -0.2) is 26.5 Å². The average molecular weight is 305 g/mol. The van der Waals surface area contributed by atoms with Gasteiger partial charge in [0.1, 0.15) is 0 Å². The number of aliphatic carboxylic acids is 1. The van der Waals surface area contributed by atoms with Crippen LogP contribution in [0.4, 0.5) is 5.13 Å². The second-order valence-electron chi connectivity index (χ2n) is 4.47. The largest absolute Gasteiger partial charge is 0.481 e. The van der Waals surface area contributed by atoms with Gasteiger partial charge in [-0.05, 0) is 24.3 Å². The monoisotopic (exact) mass is 305 g/mol. The maximum absolute atomic E-state index is 10.9. The summed E-state index contributed by atoms with van der Waals surface area (Å²) < 4.78 is 1.83. The van der Waals surface area contributed by atoms with Crippen molar-refractivity contribution in [1.29, 1.82) is 0 Å². The van der Waals surface area contributed by atoms with Crippen molar-refractivity contribution >= 4 is 40.5 Å². The van der Waals surface area contributed by atoms with Crippen LogP contribution in [-0.2, 0) is 23.1 Å². The van der Waals surface area contributed by atoms with Crippen LogP contribution < -0.4 is 5.32 Å². The molecule has 0 aliphatic heterocycles. The summed E-state index contributed by atoms with van der Waals surface area (Å²) in [6.07, 6.45) is 3.67. The number of carboxylic acid groups (broad SMARTS) is 1. The molecule has 2 N–H and O–H groups in total. The first kappa shape index (κ1) is 15.0. The first-order valence-corrected chi connectivity index (χ1v) is 7.11. The molecule has 110 valence electrons. The van der Waals surface area contributed by atoms with Gasteiger partial charge in [-0.3, -0.25) is 9.59 Å². The van der Waals surface area contributed by atoms with Crippen LogP contribution >= 0.6 is 11.3 Å². The van der Waals surface area contributed by atoms with Crippen molar-refractivity contribution in [2.75, 3.05) is 5.32 Å². The Kier molecular flexibility index (Phi) is 4.54.